The van der Waals surface area contributed by atoms with Gasteiger partial charge in [-0.2, -0.15) is 5.26 Å². The molecule has 0 radical (unpaired) electrons. The van der Waals surface area contributed by atoms with E-state index in [9.17, 15) is 14.7 Å². The molecule has 0 saturated heterocycles. The monoisotopic (exact) mass is 373 g/mol. The van der Waals surface area contributed by atoms with Crippen molar-refractivity contribution in [3.63, 3.8) is 0 Å². The largest absolute Gasteiger partial charge is 0.478 e. The number of carboxylic acid groups (broad SMARTS) is 2. The molecule has 0 atom stereocenters. The lowest BCUT2D eigenvalue weighted by atomic mass is 9.93. The zero-order valence-electron chi connectivity index (χ0n) is 11.9. The lowest BCUT2D eigenvalue weighted by molar-refractivity contribution is 0.0695. The predicted octanol–water partition coefficient (Wildman–Crippen LogP) is 3.44. The fourth-order valence-electron chi connectivity index (χ4n) is 2.33. The minimum absolute atomic E-state index is 0.0483. The second-order valence-corrected chi connectivity index (χ2v) is 5.41. The molecule has 0 unspecified atom stereocenters. The van der Waals surface area contributed by atoms with Crippen LogP contribution in [-0.4, -0.2) is 22.2 Å². The highest BCUT2D eigenvalue weighted by Gasteiger charge is 2.16. The standard InChI is InChI=1S/C17H12BrNO4/c18-8-15-10(2-1-3-13(15)9-19)6-11-4-5-12(16(20)21)7-14(11)17(22)23/h1-5,7H,6,8H2,(H,20,21)(H,22,23). The molecule has 0 saturated carbocycles. The summed E-state index contributed by atoms with van der Waals surface area (Å²) in [4.78, 5) is 22.4. The van der Waals surface area contributed by atoms with E-state index in [2.05, 4.69) is 22.0 Å². The number of alkyl halides is 1. The fraction of sp³-hybridized carbons (Fsp3) is 0.118. The van der Waals surface area contributed by atoms with Gasteiger partial charge < -0.3 is 10.2 Å². The lowest BCUT2D eigenvalue weighted by Gasteiger charge is -2.11. The summed E-state index contributed by atoms with van der Waals surface area (Å²) < 4.78 is 0. The quantitative estimate of drug-likeness (QED) is 0.782. The summed E-state index contributed by atoms with van der Waals surface area (Å²) in [6, 6.07) is 11.4. The van der Waals surface area contributed by atoms with Crippen LogP contribution in [0.2, 0.25) is 0 Å². The van der Waals surface area contributed by atoms with Crippen LogP contribution in [0.4, 0.5) is 0 Å². The SMILES string of the molecule is N#Cc1cccc(Cc2ccc(C(=O)O)cc2C(=O)O)c1CBr. The molecule has 0 aromatic heterocycles. The van der Waals surface area contributed by atoms with Crippen LogP contribution in [0.3, 0.4) is 0 Å². The van der Waals surface area contributed by atoms with Gasteiger partial charge in [-0.25, -0.2) is 9.59 Å². The molecule has 0 spiro atoms. The van der Waals surface area contributed by atoms with Gasteiger partial charge in [-0.05, 0) is 41.3 Å². The van der Waals surface area contributed by atoms with E-state index in [4.69, 9.17) is 10.4 Å². The van der Waals surface area contributed by atoms with Crippen molar-refractivity contribution in [2.24, 2.45) is 0 Å². The Labute approximate surface area is 140 Å². The summed E-state index contributed by atoms with van der Waals surface area (Å²) in [7, 11) is 0. The van der Waals surface area contributed by atoms with E-state index in [1.807, 2.05) is 6.07 Å². The molecule has 2 aromatic rings. The third kappa shape index (κ3) is 3.58. The smallest absolute Gasteiger partial charge is 0.336 e. The maximum absolute atomic E-state index is 11.4. The first-order chi connectivity index (χ1) is 11.0. The Morgan fingerprint density at radius 2 is 1.83 bits per heavy atom. The number of carbonyl (C=O) groups is 2. The summed E-state index contributed by atoms with van der Waals surface area (Å²) in [6.45, 7) is 0. The summed E-state index contributed by atoms with van der Waals surface area (Å²) >= 11 is 3.35. The number of halogens is 1. The van der Waals surface area contributed by atoms with E-state index in [1.165, 1.54) is 12.1 Å². The van der Waals surface area contributed by atoms with Crippen molar-refractivity contribution in [3.05, 3.63) is 69.8 Å². The van der Waals surface area contributed by atoms with Gasteiger partial charge in [0, 0.05) is 5.33 Å². The molecule has 0 amide bonds. The number of hydrogen-bond acceptors (Lipinski definition) is 3. The second kappa shape index (κ2) is 7.07. The Balaban J connectivity index is 2.51. The van der Waals surface area contributed by atoms with Gasteiger partial charge in [0.2, 0.25) is 0 Å². The van der Waals surface area contributed by atoms with Gasteiger partial charge in [-0.15, -0.1) is 0 Å². The maximum Gasteiger partial charge on any atom is 0.336 e. The van der Waals surface area contributed by atoms with Crippen molar-refractivity contribution in [2.45, 2.75) is 11.8 Å². The predicted molar refractivity (Wildman–Crippen MR) is 87.0 cm³/mol. The van der Waals surface area contributed by atoms with Gasteiger partial charge in [0.05, 0.1) is 22.8 Å². The van der Waals surface area contributed by atoms with Crippen LogP contribution >= 0.6 is 15.9 Å². The number of rotatable bonds is 5. The molecule has 0 bridgehead atoms. The third-order valence-electron chi connectivity index (χ3n) is 3.50. The molecular weight excluding hydrogens is 362 g/mol. The van der Waals surface area contributed by atoms with Gasteiger partial charge in [-0.1, -0.05) is 34.1 Å². The molecule has 0 aliphatic heterocycles. The highest BCUT2D eigenvalue weighted by molar-refractivity contribution is 9.08. The van der Waals surface area contributed by atoms with Crippen LogP contribution in [0.25, 0.3) is 0 Å². The highest BCUT2D eigenvalue weighted by atomic mass is 79.9. The normalized spacial score (nSPS) is 10.1. The third-order valence-corrected chi connectivity index (χ3v) is 4.06. The first-order valence-corrected chi connectivity index (χ1v) is 7.76. The fourth-order valence-corrected chi connectivity index (χ4v) is 2.99. The van der Waals surface area contributed by atoms with Crippen molar-refractivity contribution >= 4 is 27.9 Å². The Kier molecular flexibility index (Phi) is 5.14. The van der Waals surface area contributed by atoms with Gasteiger partial charge in [0.1, 0.15) is 0 Å². The highest BCUT2D eigenvalue weighted by Crippen LogP contribution is 2.23. The van der Waals surface area contributed by atoms with E-state index in [0.717, 1.165) is 17.2 Å². The van der Waals surface area contributed by atoms with E-state index in [0.29, 0.717) is 22.9 Å². The molecule has 116 valence electrons. The molecule has 0 aliphatic carbocycles. The van der Waals surface area contributed by atoms with Gasteiger partial charge in [0.25, 0.3) is 0 Å². The number of benzene rings is 2. The molecule has 6 heteroatoms. The Morgan fingerprint density at radius 3 is 2.39 bits per heavy atom. The number of hydrogen-bond donors (Lipinski definition) is 2. The molecule has 23 heavy (non-hydrogen) atoms. The average molecular weight is 374 g/mol. The van der Waals surface area contributed by atoms with Crippen LogP contribution in [0.15, 0.2) is 36.4 Å². The van der Waals surface area contributed by atoms with Crippen LogP contribution in [0.1, 0.15) is 43.0 Å². The lowest BCUT2D eigenvalue weighted by Crippen LogP contribution is -2.08. The van der Waals surface area contributed by atoms with Crippen molar-refractivity contribution in [3.8, 4) is 6.07 Å². The van der Waals surface area contributed by atoms with Crippen LogP contribution in [-0.2, 0) is 11.8 Å². The van der Waals surface area contributed by atoms with Gasteiger partial charge in [-0.3, -0.25) is 0 Å². The summed E-state index contributed by atoms with van der Waals surface area (Å²) in [6.07, 6.45) is 0.304. The number of nitriles is 1. The van der Waals surface area contributed by atoms with E-state index in [-0.39, 0.29) is 11.1 Å². The zero-order chi connectivity index (χ0) is 17.0. The summed E-state index contributed by atoms with van der Waals surface area (Å²) in [5.41, 5.74) is 2.53. The zero-order valence-corrected chi connectivity index (χ0v) is 13.5. The van der Waals surface area contributed by atoms with Crippen molar-refractivity contribution < 1.29 is 19.8 Å². The Morgan fingerprint density at radius 1 is 1.09 bits per heavy atom. The molecule has 0 fully saturated rings. The van der Waals surface area contributed by atoms with E-state index < -0.39 is 11.9 Å². The second-order valence-electron chi connectivity index (χ2n) is 4.85. The molecule has 2 aromatic carbocycles. The Bertz CT molecular complexity index is 824. The molecular formula is C17H12BrNO4. The number of aromatic carboxylic acids is 2. The molecule has 2 N–H and O–H groups in total. The van der Waals surface area contributed by atoms with E-state index >= 15 is 0 Å². The van der Waals surface area contributed by atoms with Gasteiger partial charge >= 0.3 is 11.9 Å². The van der Waals surface area contributed by atoms with Crippen LogP contribution in [0, 0.1) is 11.3 Å². The maximum atomic E-state index is 11.4. The molecule has 0 heterocycles. The number of carboxylic acids is 2. The minimum Gasteiger partial charge on any atom is -0.478 e. The summed E-state index contributed by atoms with van der Waals surface area (Å²) in [5, 5.41) is 27.9. The first-order valence-electron chi connectivity index (χ1n) is 6.64. The topological polar surface area (TPSA) is 98.4 Å². The van der Waals surface area contributed by atoms with Gasteiger partial charge in [0.15, 0.2) is 0 Å². The molecule has 5 nitrogen and oxygen atoms in total. The van der Waals surface area contributed by atoms with Crippen molar-refractivity contribution in [2.75, 3.05) is 0 Å². The minimum atomic E-state index is -1.18. The number of nitrogens with zero attached hydrogens (tertiary/aromatic N) is 1. The Hall–Kier alpha value is -2.65. The average Bonchev–Trinajstić information content (AvgIpc) is 2.54. The van der Waals surface area contributed by atoms with Crippen LogP contribution < -0.4 is 0 Å². The van der Waals surface area contributed by atoms with Crippen LogP contribution in [0.5, 0.6) is 0 Å². The first kappa shape index (κ1) is 16.7. The van der Waals surface area contributed by atoms with Crippen molar-refractivity contribution in [1.29, 1.82) is 5.26 Å². The van der Waals surface area contributed by atoms with E-state index in [1.54, 1.807) is 12.1 Å². The molecule has 2 rings (SSSR count). The molecule has 0 aliphatic rings. The summed E-state index contributed by atoms with van der Waals surface area (Å²) in [5.74, 6) is -2.35. The van der Waals surface area contributed by atoms with Crippen molar-refractivity contribution in [1.82, 2.24) is 0 Å².